The van der Waals surface area contributed by atoms with Gasteiger partial charge in [0.1, 0.15) is 19.0 Å². The molecular formula is C19H17Br4Cl3O2. The topological polar surface area (TPSA) is 18.5 Å². The van der Waals surface area contributed by atoms with Crippen LogP contribution in [-0.4, -0.2) is 33.5 Å². The van der Waals surface area contributed by atoms with Gasteiger partial charge in [0.05, 0.1) is 24.7 Å². The van der Waals surface area contributed by atoms with Gasteiger partial charge in [0.25, 0.3) is 0 Å². The largest absolute Gasteiger partial charge is 0.491 e. The summed E-state index contributed by atoms with van der Waals surface area (Å²) in [5, 5.41) is 3.12. The molecule has 2 aromatic rings. The lowest BCUT2D eigenvalue weighted by molar-refractivity contribution is 0.325. The highest BCUT2D eigenvalue weighted by atomic mass is 79.9. The Bertz CT molecular complexity index is 769. The zero-order valence-electron chi connectivity index (χ0n) is 14.5. The summed E-state index contributed by atoms with van der Waals surface area (Å²) < 4.78 is 11.5. The summed E-state index contributed by atoms with van der Waals surface area (Å²) >= 11 is 32.9. The molecule has 2 unspecified atom stereocenters. The van der Waals surface area contributed by atoms with E-state index in [9.17, 15) is 0 Å². The highest BCUT2D eigenvalue weighted by molar-refractivity contribution is 9.12. The van der Waals surface area contributed by atoms with Crippen LogP contribution in [-0.2, 0) is 6.42 Å². The molecule has 0 spiro atoms. The minimum atomic E-state index is 0.177. The van der Waals surface area contributed by atoms with Crippen LogP contribution < -0.4 is 9.47 Å². The Morgan fingerprint density at radius 3 is 1.82 bits per heavy atom. The third kappa shape index (κ3) is 7.82. The Balaban J connectivity index is 2.07. The highest BCUT2D eigenvalue weighted by Crippen LogP contribution is 2.36. The third-order valence-corrected chi connectivity index (χ3v) is 8.96. The smallest absolute Gasteiger partial charge is 0.156 e. The first kappa shape index (κ1) is 25.1. The molecule has 0 N–H and O–H groups in total. The predicted molar refractivity (Wildman–Crippen MR) is 135 cm³/mol. The van der Waals surface area contributed by atoms with Crippen molar-refractivity contribution in [3.05, 3.63) is 56.5 Å². The van der Waals surface area contributed by atoms with E-state index >= 15 is 0 Å². The van der Waals surface area contributed by atoms with Gasteiger partial charge in [0, 0.05) is 10.7 Å². The Morgan fingerprint density at radius 2 is 1.29 bits per heavy atom. The Morgan fingerprint density at radius 1 is 0.750 bits per heavy atom. The van der Waals surface area contributed by atoms with Gasteiger partial charge in [-0.25, -0.2) is 0 Å². The predicted octanol–water partition coefficient (Wildman–Crippen LogP) is 8.31. The molecule has 0 aliphatic carbocycles. The van der Waals surface area contributed by atoms with Gasteiger partial charge in [0.15, 0.2) is 5.75 Å². The van der Waals surface area contributed by atoms with Crippen molar-refractivity contribution in [2.75, 3.05) is 23.9 Å². The van der Waals surface area contributed by atoms with Crippen molar-refractivity contribution < 1.29 is 9.47 Å². The Labute approximate surface area is 214 Å². The fourth-order valence-electron chi connectivity index (χ4n) is 2.30. The van der Waals surface area contributed by atoms with Crippen molar-refractivity contribution in [2.24, 2.45) is 0 Å². The number of benzene rings is 2. The molecule has 28 heavy (non-hydrogen) atoms. The zero-order valence-corrected chi connectivity index (χ0v) is 23.2. The number of hydrogen-bond donors (Lipinski definition) is 0. The molecule has 0 aliphatic rings. The summed E-state index contributed by atoms with van der Waals surface area (Å²) in [5.41, 5.74) is 2.01. The van der Waals surface area contributed by atoms with Gasteiger partial charge in [-0.2, -0.15) is 0 Å². The molecule has 2 nitrogen and oxygen atoms in total. The van der Waals surface area contributed by atoms with Crippen molar-refractivity contribution in [1.82, 2.24) is 0 Å². The molecule has 0 radical (unpaired) electrons. The second-order valence-electron chi connectivity index (χ2n) is 5.96. The van der Waals surface area contributed by atoms with Gasteiger partial charge in [-0.15, -0.1) is 0 Å². The van der Waals surface area contributed by atoms with E-state index in [1.165, 1.54) is 0 Å². The molecule has 0 saturated carbocycles. The van der Waals surface area contributed by atoms with Gasteiger partial charge in [-0.3, -0.25) is 0 Å². The second-order valence-corrected chi connectivity index (χ2v) is 11.1. The van der Waals surface area contributed by atoms with Crippen LogP contribution in [0.25, 0.3) is 0 Å². The molecule has 2 rings (SSSR count). The van der Waals surface area contributed by atoms with Crippen LogP contribution in [0.2, 0.25) is 15.1 Å². The normalized spacial score (nSPS) is 13.2. The standard InChI is InChI=1S/C19H17Br4Cl3O2/c20-7-13(22)9-27-18-2-1-11(4-15(18)24)3-12-5-16(25)19(17(26)6-12)28-10-14(23)8-21/h1-2,4-6,13-14H,3,7-10H2. The third-order valence-electron chi connectivity index (χ3n) is 3.63. The SMILES string of the molecule is Clc1cc(Cc2cc(Cl)c(OCC(Br)CBr)c(Cl)c2)ccc1OCC(Br)CBr. The van der Waals surface area contributed by atoms with Crippen LogP contribution in [0.5, 0.6) is 11.5 Å². The Kier molecular flexibility index (Phi) is 11.3. The van der Waals surface area contributed by atoms with E-state index in [-0.39, 0.29) is 9.65 Å². The minimum absolute atomic E-state index is 0.177. The van der Waals surface area contributed by atoms with E-state index in [0.29, 0.717) is 46.2 Å². The van der Waals surface area contributed by atoms with Crippen LogP contribution in [0.3, 0.4) is 0 Å². The fourth-order valence-corrected chi connectivity index (χ4v) is 3.84. The van der Waals surface area contributed by atoms with Gasteiger partial charge in [-0.1, -0.05) is 105 Å². The number of halogens is 7. The van der Waals surface area contributed by atoms with Crippen molar-refractivity contribution >= 4 is 98.5 Å². The van der Waals surface area contributed by atoms with E-state index in [2.05, 4.69) is 63.7 Å². The van der Waals surface area contributed by atoms with E-state index in [0.717, 1.165) is 21.8 Å². The summed E-state index contributed by atoms with van der Waals surface area (Å²) in [6, 6.07) is 9.48. The van der Waals surface area contributed by atoms with E-state index in [1.807, 2.05) is 30.3 Å². The van der Waals surface area contributed by atoms with Gasteiger partial charge >= 0.3 is 0 Å². The molecule has 0 aliphatic heterocycles. The van der Waals surface area contributed by atoms with Crippen LogP contribution in [0, 0.1) is 0 Å². The maximum absolute atomic E-state index is 6.38. The lowest BCUT2D eigenvalue weighted by Crippen LogP contribution is -2.12. The summed E-state index contributed by atoms with van der Waals surface area (Å²) in [4.78, 5) is 0.402. The molecule has 0 heterocycles. The first-order chi connectivity index (χ1) is 13.3. The Hall–Kier alpha value is 0.830. The van der Waals surface area contributed by atoms with Crippen LogP contribution in [0.4, 0.5) is 0 Å². The molecule has 0 amide bonds. The molecule has 0 fully saturated rings. The molecule has 2 atom stereocenters. The number of ether oxygens (including phenoxy) is 2. The zero-order chi connectivity index (χ0) is 20.7. The van der Waals surface area contributed by atoms with Crippen LogP contribution in [0.1, 0.15) is 11.1 Å². The maximum Gasteiger partial charge on any atom is 0.156 e. The highest BCUT2D eigenvalue weighted by Gasteiger charge is 2.13. The summed E-state index contributed by atoms with van der Waals surface area (Å²) in [7, 11) is 0. The average molecular weight is 703 g/mol. The first-order valence-corrected chi connectivity index (χ1v) is 13.5. The number of alkyl halides is 4. The number of rotatable bonds is 10. The lowest BCUT2D eigenvalue weighted by atomic mass is 10.0. The van der Waals surface area contributed by atoms with Crippen molar-refractivity contribution in [3.63, 3.8) is 0 Å². The van der Waals surface area contributed by atoms with E-state index in [1.54, 1.807) is 0 Å². The van der Waals surface area contributed by atoms with E-state index < -0.39 is 0 Å². The molecule has 154 valence electrons. The first-order valence-electron chi connectivity index (χ1n) is 8.26. The molecular weight excluding hydrogens is 686 g/mol. The molecule has 0 saturated heterocycles. The van der Waals surface area contributed by atoms with Gasteiger partial charge < -0.3 is 9.47 Å². The fraction of sp³-hybridized carbons (Fsp3) is 0.368. The lowest BCUT2D eigenvalue weighted by Gasteiger charge is -2.14. The van der Waals surface area contributed by atoms with Crippen molar-refractivity contribution in [2.45, 2.75) is 16.1 Å². The summed E-state index contributed by atoms with van der Waals surface area (Å²) in [6.45, 7) is 0.993. The van der Waals surface area contributed by atoms with Crippen LogP contribution >= 0.6 is 98.5 Å². The maximum atomic E-state index is 6.38. The molecule has 9 heteroatoms. The minimum Gasteiger partial charge on any atom is -0.491 e. The second kappa shape index (κ2) is 12.6. The van der Waals surface area contributed by atoms with Crippen molar-refractivity contribution in [3.8, 4) is 11.5 Å². The monoisotopic (exact) mass is 698 g/mol. The average Bonchev–Trinajstić information content (AvgIpc) is 2.66. The molecule has 0 aromatic heterocycles. The molecule has 0 bridgehead atoms. The summed E-state index contributed by atoms with van der Waals surface area (Å²) in [6.07, 6.45) is 0.644. The van der Waals surface area contributed by atoms with E-state index in [4.69, 9.17) is 44.3 Å². The van der Waals surface area contributed by atoms with Crippen molar-refractivity contribution in [1.29, 1.82) is 0 Å². The summed E-state index contributed by atoms with van der Waals surface area (Å²) in [5.74, 6) is 1.15. The van der Waals surface area contributed by atoms with Crippen LogP contribution in [0.15, 0.2) is 30.3 Å². The molecule has 2 aromatic carbocycles. The number of hydrogen-bond acceptors (Lipinski definition) is 2. The quantitative estimate of drug-likeness (QED) is 0.232. The van der Waals surface area contributed by atoms with Gasteiger partial charge in [0.2, 0.25) is 0 Å². The van der Waals surface area contributed by atoms with Gasteiger partial charge in [-0.05, 0) is 41.8 Å².